The molecule has 0 aliphatic carbocycles. The minimum Gasteiger partial charge on any atom is -0.321 e. The first-order valence-corrected chi connectivity index (χ1v) is 12.5. The van der Waals surface area contributed by atoms with Crippen LogP contribution in [0.15, 0.2) is 82.5 Å². The molecular formula is C26H25ClN2O3S. The summed E-state index contributed by atoms with van der Waals surface area (Å²) in [5.41, 5.74) is 4.00. The third-order valence-electron chi connectivity index (χ3n) is 5.85. The molecule has 1 N–H and O–H groups in total. The number of nitrogens with zero attached hydrogens (tertiary/aromatic N) is 1. The van der Waals surface area contributed by atoms with Crippen LogP contribution in [0.1, 0.15) is 22.3 Å². The number of hydrogen-bond acceptors (Lipinski definition) is 3. The second-order valence-corrected chi connectivity index (χ2v) is 10.5. The number of rotatable bonds is 7. The summed E-state index contributed by atoms with van der Waals surface area (Å²) in [6.07, 6.45) is 0.532. The molecule has 33 heavy (non-hydrogen) atoms. The molecule has 0 radical (unpaired) electrons. The Hall–Kier alpha value is -2.93. The fourth-order valence-electron chi connectivity index (χ4n) is 3.91. The molecule has 4 aromatic rings. The zero-order valence-electron chi connectivity index (χ0n) is 18.5. The van der Waals surface area contributed by atoms with Crippen molar-refractivity contribution in [1.82, 2.24) is 9.29 Å². The zero-order valence-corrected chi connectivity index (χ0v) is 20.1. The summed E-state index contributed by atoms with van der Waals surface area (Å²) in [5, 5.41) is 1.33. The highest BCUT2D eigenvalue weighted by Gasteiger charge is 2.26. The van der Waals surface area contributed by atoms with Crippen LogP contribution < -0.4 is 5.56 Å². The lowest BCUT2D eigenvalue weighted by molar-refractivity contribution is 0.408. The summed E-state index contributed by atoms with van der Waals surface area (Å²) in [6, 6.07) is 21.5. The molecule has 3 aromatic carbocycles. The summed E-state index contributed by atoms with van der Waals surface area (Å²) in [4.78, 5) is 15.9. The second kappa shape index (κ2) is 9.51. The van der Waals surface area contributed by atoms with Crippen molar-refractivity contribution in [2.45, 2.75) is 31.7 Å². The van der Waals surface area contributed by atoms with Gasteiger partial charge in [-0.1, -0.05) is 54.1 Å². The summed E-state index contributed by atoms with van der Waals surface area (Å²) < 4.78 is 28.5. The zero-order chi connectivity index (χ0) is 23.6. The number of nitrogens with one attached hydrogen (secondary N) is 1. The van der Waals surface area contributed by atoms with Crippen LogP contribution in [0.4, 0.5) is 0 Å². The van der Waals surface area contributed by atoms with Gasteiger partial charge in [0, 0.05) is 23.7 Å². The van der Waals surface area contributed by atoms with E-state index in [-0.39, 0.29) is 23.5 Å². The van der Waals surface area contributed by atoms with Gasteiger partial charge in [-0.15, -0.1) is 0 Å². The predicted molar refractivity (Wildman–Crippen MR) is 133 cm³/mol. The number of fused-ring (bicyclic) bond motifs is 1. The van der Waals surface area contributed by atoms with Crippen molar-refractivity contribution in [1.29, 1.82) is 0 Å². The first-order chi connectivity index (χ1) is 15.8. The molecule has 1 aromatic heterocycles. The van der Waals surface area contributed by atoms with E-state index in [0.29, 0.717) is 17.0 Å². The van der Waals surface area contributed by atoms with Gasteiger partial charge in [-0.25, -0.2) is 8.42 Å². The Morgan fingerprint density at radius 3 is 2.30 bits per heavy atom. The summed E-state index contributed by atoms with van der Waals surface area (Å²) >= 11 is 5.96. The highest BCUT2D eigenvalue weighted by molar-refractivity contribution is 7.89. The Balaban J connectivity index is 1.73. The number of hydrogen-bond donors (Lipinski definition) is 1. The minimum absolute atomic E-state index is 0.0317. The normalized spacial score (nSPS) is 11.9. The third kappa shape index (κ3) is 5.03. The van der Waals surface area contributed by atoms with Gasteiger partial charge in [0.05, 0.1) is 10.4 Å². The van der Waals surface area contributed by atoms with Crippen LogP contribution in [0, 0.1) is 13.8 Å². The van der Waals surface area contributed by atoms with Gasteiger partial charge in [0.1, 0.15) is 0 Å². The van der Waals surface area contributed by atoms with Crippen LogP contribution in [-0.2, 0) is 23.0 Å². The highest BCUT2D eigenvalue weighted by atomic mass is 35.5. The van der Waals surface area contributed by atoms with E-state index in [1.807, 2.05) is 56.3 Å². The third-order valence-corrected chi connectivity index (χ3v) is 7.97. The molecule has 0 amide bonds. The lowest BCUT2D eigenvalue weighted by atomic mass is 10.1. The molecule has 0 aliphatic rings. The molecule has 4 rings (SSSR count). The van der Waals surface area contributed by atoms with Gasteiger partial charge in [-0.3, -0.25) is 4.79 Å². The lowest BCUT2D eigenvalue weighted by Gasteiger charge is -2.23. The van der Waals surface area contributed by atoms with Gasteiger partial charge >= 0.3 is 0 Å². The van der Waals surface area contributed by atoms with E-state index < -0.39 is 10.0 Å². The largest absolute Gasteiger partial charge is 0.321 e. The average molecular weight is 481 g/mol. The number of aromatic amines is 1. The van der Waals surface area contributed by atoms with E-state index in [4.69, 9.17) is 11.6 Å². The molecule has 0 fully saturated rings. The Kier molecular flexibility index (Phi) is 6.70. The van der Waals surface area contributed by atoms with Crippen LogP contribution >= 0.6 is 11.6 Å². The number of aryl methyl sites for hydroxylation is 2. The van der Waals surface area contributed by atoms with Gasteiger partial charge in [-0.05, 0) is 72.7 Å². The number of halogens is 1. The topological polar surface area (TPSA) is 70.2 Å². The molecule has 0 bridgehead atoms. The Morgan fingerprint density at radius 1 is 0.879 bits per heavy atom. The fourth-order valence-corrected chi connectivity index (χ4v) is 5.46. The van der Waals surface area contributed by atoms with Gasteiger partial charge in [0.15, 0.2) is 0 Å². The Bertz CT molecular complexity index is 1460. The minimum atomic E-state index is -3.86. The number of para-hydroxylation sites is 1. The van der Waals surface area contributed by atoms with Crippen LogP contribution in [0.3, 0.4) is 0 Å². The molecular weight excluding hydrogens is 456 g/mol. The van der Waals surface area contributed by atoms with E-state index in [0.717, 1.165) is 27.6 Å². The van der Waals surface area contributed by atoms with E-state index >= 15 is 0 Å². The number of H-pyrrole nitrogens is 1. The molecule has 0 saturated carbocycles. The molecule has 0 atom stereocenters. The SMILES string of the molecule is Cc1ccccc1CCN(Cc1cc2cccc(C)c2[nH]c1=O)S(=O)(=O)c1ccc(Cl)cc1. The van der Waals surface area contributed by atoms with Crippen LogP contribution in [0.2, 0.25) is 5.02 Å². The molecule has 5 nitrogen and oxygen atoms in total. The van der Waals surface area contributed by atoms with E-state index in [9.17, 15) is 13.2 Å². The maximum Gasteiger partial charge on any atom is 0.252 e. The number of sulfonamides is 1. The maximum absolute atomic E-state index is 13.6. The highest BCUT2D eigenvalue weighted by Crippen LogP contribution is 2.22. The number of aromatic nitrogens is 1. The van der Waals surface area contributed by atoms with E-state index in [1.54, 1.807) is 18.2 Å². The van der Waals surface area contributed by atoms with Crippen molar-refractivity contribution in [3.05, 3.63) is 110 Å². The lowest BCUT2D eigenvalue weighted by Crippen LogP contribution is -2.34. The van der Waals surface area contributed by atoms with Crippen molar-refractivity contribution < 1.29 is 8.42 Å². The monoisotopic (exact) mass is 480 g/mol. The van der Waals surface area contributed by atoms with E-state index in [1.165, 1.54) is 16.4 Å². The van der Waals surface area contributed by atoms with Crippen molar-refractivity contribution >= 4 is 32.5 Å². The predicted octanol–water partition coefficient (Wildman–Crippen LogP) is 5.23. The summed E-state index contributed by atoms with van der Waals surface area (Å²) in [5.74, 6) is 0. The molecule has 0 aliphatic heterocycles. The Labute approximate surface area is 198 Å². The van der Waals surface area contributed by atoms with Crippen molar-refractivity contribution in [2.75, 3.05) is 6.54 Å². The quantitative estimate of drug-likeness (QED) is 0.393. The van der Waals surface area contributed by atoms with Crippen LogP contribution in [-0.4, -0.2) is 24.3 Å². The number of benzene rings is 3. The molecule has 170 valence electrons. The molecule has 1 heterocycles. The average Bonchev–Trinajstić information content (AvgIpc) is 2.79. The van der Waals surface area contributed by atoms with Crippen LogP contribution in [0.25, 0.3) is 10.9 Å². The first-order valence-electron chi connectivity index (χ1n) is 10.7. The summed E-state index contributed by atoms with van der Waals surface area (Å²) in [6.45, 7) is 4.14. The van der Waals surface area contributed by atoms with Gasteiger partial charge in [0.25, 0.3) is 5.56 Å². The second-order valence-electron chi connectivity index (χ2n) is 8.13. The van der Waals surface area contributed by atoms with Crippen LogP contribution in [0.5, 0.6) is 0 Å². The maximum atomic E-state index is 13.6. The van der Waals surface area contributed by atoms with E-state index in [2.05, 4.69) is 4.98 Å². The summed E-state index contributed by atoms with van der Waals surface area (Å²) in [7, 11) is -3.86. The molecule has 0 unspecified atom stereocenters. The van der Waals surface area contributed by atoms with Crippen molar-refractivity contribution in [3.63, 3.8) is 0 Å². The van der Waals surface area contributed by atoms with Crippen molar-refractivity contribution in [2.24, 2.45) is 0 Å². The smallest absolute Gasteiger partial charge is 0.252 e. The molecule has 0 saturated heterocycles. The van der Waals surface area contributed by atoms with Crippen molar-refractivity contribution in [3.8, 4) is 0 Å². The first kappa shape index (κ1) is 23.2. The van der Waals surface area contributed by atoms with Gasteiger partial charge in [-0.2, -0.15) is 4.31 Å². The number of pyridine rings is 1. The van der Waals surface area contributed by atoms with Gasteiger partial charge < -0.3 is 4.98 Å². The van der Waals surface area contributed by atoms with Gasteiger partial charge in [0.2, 0.25) is 10.0 Å². The standard InChI is InChI=1S/C26H25ClN2O3S/c1-18-6-3-4-8-20(18)14-15-29(33(31,32)24-12-10-23(27)11-13-24)17-22-16-21-9-5-7-19(2)25(21)28-26(22)30/h3-13,16H,14-15,17H2,1-2H3,(H,28,30). The molecule has 0 spiro atoms. The fraction of sp³-hybridized carbons (Fsp3) is 0.192. The Morgan fingerprint density at radius 2 is 1.58 bits per heavy atom. The molecule has 7 heteroatoms.